The molecule has 0 amide bonds. The van der Waals surface area contributed by atoms with E-state index in [0.717, 1.165) is 22.6 Å². The fourth-order valence-corrected chi connectivity index (χ4v) is 1.85. The number of pyridine rings is 1. The van der Waals surface area contributed by atoms with Gasteiger partial charge in [-0.25, -0.2) is 4.98 Å². The van der Waals surface area contributed by atoms with Crippen LogP contribution in [0.3, 0.4) is 0 Å². The fourth-order valence-electron chi connectivity index (χ4n) is 1.74. The third-order valence-electron chi connectivity index (χ3n) is 2.51. The summed E-state index contributed by atoms with van der Waals surface area (Å²) in [5.41, 5.74) is 9.15. The van der Waals surface area contributed by atoms with E-state index in [9.17, 15) is 0 Å². The molecule has 3 N–H and O–H groups in total. The molecular formula is C12H15N5S. The molecule has 2 aromatic heterocycles. The molecule has 0 aliphatic carbocycles. The number of aryl methyl sites for hydroxylation is 3. The maximum atomic E-state index is 5.64. The summed E-state index contributed by atoms with van der Waals surface area (Å²) < 4.78 is 1.75. The highest BCUT2D eigenvalue weighted by atomic mass is 32.1. The van der Waals surface area contributed by atoms with Crippen LogP contribution in [0, 0.1) is 13.8 Å². The summed E-state index contributed by atoms with van der Waals surface area (Å²) >= 11 is 4.98. The molecule has 2 rings (SSSR count). The lowest BCUT2D eigenvalue weighted by molar-refractivity contribution is 0.756. The third kappa shape index (κ3) is 2.65. The summed E-state index contributed by atoms with van der Waals surface area (Å²) in [6.45, 7) is 3.84. The van der Waals surface area contributed by atoms with Gasteiger partial charge in [-0.3, -0.25) is 4.68 Å². The van der Waals surface area contributed by atoms with Gasteiger partial charge in [0.1, 0.15) is 10.8 Å². The van der Waals surface area contributed by atoms with Crippen molar-refractivity contribution in [1.29, 1.82) is 0 Å². The number of anilines is 2. The third-order valence-corrected chi connectivity index (χ3v) is 2.75. The van der Waals surface area contributed by atoms with E-state index in [2.05, 4.69) is 15.4 Å². The van der Waals surface area contributed by atoms with Crippen molar-refractivity contribution in [2.75, 3.05) is 5.32 Å². The van der Waals surface area contributed by atoms with Crippen molar-refractivity contribution in [3.05, 3.63) is 35.3 Å². The van der Waals surface area contributed by atoms with E-state index >= 15 is 0 Å². The largest absolute Gasteiger partial charge is 0.389 e. The van der Waals surface area contributed by atoms with Crippen LogP contribution in [0.4, 0.5) is 11.5 Å². The Balaban J connectivity index is 2.34. The van der Waals surface area contributed by atoms with Crippen LogP contribution < -0.4 is 11.1 Å². The van der Waals surface area contributed by atoms with E-state index in [-0.39, 0.29) is 0 Å². The van der Waals surface area contributed by atoms with Gasteiger partial charge in [0.25, 0.3) is 0 Å². The summed E-state index contributed by atoms with van der Waals surface area (Å²) in [6.07, 6.45) is 1.90. The fraction of sp³-hybridized carbons (Fsp3) is 0.250. The molecule has 0 bridgehead atoms. The Morgan fingerprint density at radius 1 is 1.39 bits per heavy atom. The zero-order chi connectivity index (χ0) is 13.3. The topological polar surface area (TPSA) is 68.8 Å². The van der Waals surface area contributed by atoms with Crippen molar-refractivity contribution in [2.24, 2.45) is 12.8 Å². The zero-order valence-electron chi connectivity index (χ0n) is 10.6. The number of rotatable bonds is 3. The second kappa shape index (κ2) is 4.73. The van der Waals surface area contributed by atoms with Crippen molar-refractivity contribution < 1.29 is 0 Å². The van der Waals surface area contributed by atoms with E-state index in [1.165, 1.54) is 0 Å². The standard InChI is InChI=1S/C12H15N5S/c1-7-4-9(12(13)18)5-11(14-7)15-10-6-17(3)16-8(10)2/h4-6H,1-3H3,(H2,13,18)(H,14,15). The highest BCUT2D eigenvalue weighted by molar-refractivity contribution is 7.80. The van der Waals surface area contributed by atoms with Gasteiger partial charge in [0.05, 0.1) is 11.4 Å². The summed E-state index contributed by atoms with van der Waals surface area (Å²) in [6, 6.07) is 3.70. The molecule has 0 saturated heterocycles. The van der Waals surface area contributed by atoms with Gasteiger partial charge in [-0.1, -0.05) is 12.2 Å². The van der Waals surface area contributed by atoms with Gasteiger partial charge < -0.3 is 11.1 Å². The van der Waals surface area contributed by atoms with E-state index in [4.69, 9.17) is 18.0 Å². The molecule has 0 spiro atoms. The molecule has 0 atom stereocenters. The molecule has 0 radical (unpaired) electrons. The van der Waals surface area contributed by atoms with Gasteiger partial charge in [-0.05, 0) is 26.0 Å². The summed E-state index contributed by atoms with van der Waals surface area (Å²) in [5, 5.41) is 7.48. The number of aromatic nitrogens is 3. The molecule has 0 unspecified atom stereocenters. The molecule has 0 aliphatic rings. The van der Waals surface area contributed by atoms with Gasteiger partial charge in [-0.15, -0.1) is 0 Å². The van der Waals surface area contributed by atoms with Crippen molar-refractivity contribution in [3.63, 3.8) is 0 Å². The van der Waals surface area contributed by atoms with Crippen LogP contribution in [0.25, 0.3) is 0 Å². The van der Waals surface area contributed by atoms with Gasteiger partial charge >= 0.3 is 0 Å². The first-order valence-corrected chi connectivity index (χ1v) is 5.92. The minimum atomic E-state index is 0.367. The van der Waals surface area contributed by atoms with E-state index in [1.807, 2.05) is 39.2 Å². The molecule has 0 aromatic carbocycles. The van der Waals surface area contributed by atoms with Crippen LogP contribution in [0.15, 0.2) is 18.3 Å². The lowest BCUT2D eigenvalue weighted by Crippen LogP contribution is -2.10. The summed E-state index contributed by atoms with van der Waals surface area (Å²) in [7, 11) is 1.88. The summed E-state index contributed by atoms with van der Waals surface area (Å²) in [4.78, 5) is 4.77. The molecule has 0 saturated carbocycles. The van der Waals surface area contributed by atoms with E-state index in [1.54, 1.807) is 4.68 Å². The average molecular weight is 261 g/mol. The Hall–Kier alpha value is -1.95. The first kappa shape index (κ1) is 12.5. The van der Waals surface area contributed by atoms with Crippen molar-refractivity contribution >= 4 is 28.7 Å². The molecule has 94 valence electrons. The predicted octanol–water partition coefficient (Wildman–Crippen LogP) is 1.81. The van der Waals surface area contributed by atoms with Gasteiger partial charge in [0.2, 0.25) is 0 Å². The number of nitrogens with two attached hydrogens (primary N) is 1. The van der Waals surface area contributed by atoms with Crippen molar-refractivity contribution in [2.45, 2.75) is 13.8 Å². The van der Waals surface area contributed by atoms with Crippen LogP contribution in [-0.2, 0) is 7.05 Å². The van der Waals surface area contributed by atoms with Gasteiger partial charge in [-0.2, -0.15) is 5.10 Å². The SMILES string of the molecule is Cc1cc(C(N)=S)cc(Nc2cn(C)nc2C)n1. The minimum absolute atomic E-state index is 0.367. The second-order valence-electron chi connectivity index (χ2n) is 4.17. The van der Waals surface area contributed by atoms with E-state index < -0.39 is 0 Å². The van der Waals surface area contributed by atoms with Crippen LogP contribution in [0.2, 0.25) is 0 Å². The predicted molar refractivity (Wildman–Crippen MR) is 76.1 cm³/mol. The first-order valence-electron chi connectivity index (χ1n) is 5.51. The lowest BCUT2D eigenvalue weighted by atomic mass is 10.2. The number of hydrogen-bond donors (Lipinski definition) is 2. The van der Waals surface area contributed by atoms with Gasteiger partial charge in [0, 0.05) is 24.5 Å². The van der Waals surface area contributed by atoms with Gasteiger partial charge in [0.15, 0.2) is 0 Å². The molecule has 6 heteroatoms. The van der Waals surface area contributed by atoms with Crippen LogP contribution in [0.1, 0.15) is 17.0 Å². The smallest absolute Gasteiger partial charge is 0.131 e. The number of nitrogens with one attached hydrogen (secondary N) is 1. The first-order chi connectivity index (χ1) is 8.45. The maximum absolute atomic E-state index is 5.64. The highest BCUT2D eigenvalue weighted by Gasteiger charge is 2.06. The Morgan fingerprint density at radius 2 is 2.11 bits per heavy atom. The highest BCUT2D eigenvalue weighted by Crippen LogP contribution is 2.19. The second-order valence-corrected chi connectivity index (χ2v) is 4.61. The Labute approximate surface area is 111 Å². The molecule has 5 nitrogen and oxygen atoms in total. The lowest BCUT2D eigenvalue weighted by Gasteiger charge is -2.07. The van der Waals surface area contributed by atoms with Crippen molar-refractivity contribution in [1.82, 2.24) is 14.8 Å². The van der Waals surface area contributed by atoms with E-state index in [0.29, 0.717) is 10.8 Å². The molecule has 18 heavy (non-hydrogen) atoms. The molecule has 0 aliphatic heterocycles. The van der Waals surface area contributed by atoms with Crippen molar-refractivity contribution in [3.8, 4) is 0 Å². The zero-order valence-corrected chi connectivity index (χ0v) is 11.4. The number of nitrogens with zero attached hydrogens (tertiary/aromatic N) is 3. The molecule has 2 aromatic rings. The van der Waals surface area contributed by atoms with Crippen LogP contribution >= 0.6 is 12.2 Å². The quantitative estimate of drug-likeness (QED) is 0.825. The minimum Gasteiger partial charge on any atom is -0.389 e. The monoisotopic (exact) mass is 261 g/mol. The number of thiocarbonyl (C=S) groups is 1. The Bertz CT molecular complexity index is 603. The molecule has 2 heterocycles. The number of hydrogen-bond acceptors (Lipinski definition) is 4. The van der Waals surface area contributed by atoms with Crippen LogP contribution in [-0.4, -0.2) is 19.8 Å². The Kier molecular flexibility index (Phi) is 3.29. The maximum Gasteiger partial charge on any atom is 0.131 e. The molecule has 0 fully saturated rings. The van der Waals surface area contributed by atoms with Crippen LogP contribution in [0.5, 0.6) is 0 Å². The normalized spacial score (nSPS) is 10.4. The Morgan fingerprint density at radius 3 is 2.67 bits per heavy atom. The molecular weight excluding hydrogens is 246 g/mol. The average Bonchev–Trinajstić information content (AvgIpc) is 2.56. The summed E-state index contributed by atoms with van der Waals surface area (Å²) in [5.74, 6) is 0.717.